The lowest BCUT2D eigenvalue weighted by Crippen LogP contribution is -2.24. The highest BCUT2D eigenvalue weighted by molar-refractivity contribution is 5.89. The number of methoxy groups -OCH3 is 2. The van der Waals surface area contributed by atoms with Crippen molar-refractivity contribution in [1.29, 1.82) is 0 Å². The van der Waals surface area contributed by atoms with Gasteiger partial charge in [-0.25, -0.2) is 4.79 Å². The molecule has 27 heavy (non-hydrogen) atoms. The SMILES string of the molecule is COC(=O)/C(=C\Cc1ccc(O)cc1O)C(Cc1ccc(O)cc1O)OC. The number of allylic oxidation sites excluding steroid dienone is 1. The maximum atomic E-state index is 12.2. The molecule has 144 valence electrons. The molecule has 4 N–H and O–H groups in total. The molecule has 7 heteroatoms. The van der Waals surface area contributed by atoms with Gasteiger partial charge < -0.3 is 29.9 Å². The van der Waals surface area contributed by atoms with Gasteiger partial charge in [0.25, 0.3) is 0 Å². The molecule has 2 rings (SSSR count). The molecule has 0 aromatic heterocycles. The molecular formula is C20H22O7. The van der Waals surface area contributed by atoms with Crippen LogP contribution in [0.1, 0.15) is 11.1 Å². The Morgan fingerprint density at radius 3 is 2.00 bits per heavy atom. The molecule has 0 aliphatic heterocycles. The normalized spacial score (nSPS) is 12.6. The Bertz CT molecular complexity index is 842. The van der Waals surface area contributed by atoms with Crippen molar-refractivity contribution in [2.24, 2.45) is 0 Å². The van der Waals surface area contributed by atoms with E-state index in [-0.39, 0.29) is 41.4 Å². The maximum absolute atomic E-state index is 12.2. The van der Waals surface area contributed by atoms with E-state index in [1.807, 2.05) is 0 Å². The summed E-state index contributed by atoms with van der Waals surface area (Å²) in [5.74, 6) is -0.945. The zero-order chi connectivity index (χ0) is 20.0. The fraction of sp³-hybridized carbons (Fsp3) is 0.250. The average Bonchev–Trinajstić information content (AvgIpc) is 2.63. The number of hydrogen-bond acceptors (Lipinski definition) is 7. The number of benzene rings is 2. The van der Waals surface area contributed by atoms with Crippen molar-refractivity contribution in [1.82, 2.24) is 0 Å². The van der Waals surface area contributed by atoms with Gasteiger partial charge in [0.15, 0.2) is 0 Å². The van der Waals surface area contributed by atoms with Crippen LogP contribution in [-0.4, -0.2) is 46.7 Å². The summed E-state index contributed by atoms with van der Waals surface area (Å²) in [5, 5.41) is 38.6. The molecule has 1 atom stereocenters. The van der Waals surface area contributed by atoms with Crippen molar-refractivity contribution < 1.29 is 34.7 Å². The van der Waals surface area contributed by atoms with Crippen LogP contribution in [0.4, 0.5) is 0 Å². The minimum atomic E-state index is -0.716. The minimum absolute atomic E-state index is 0.0639. The van der Waals surface area contributed by atoms with E-state index in [0.29, 0.717) is 11.1 Å². The molecule has 0 fully saturated rings. The number of hydrogen-bond donors (Lipinski definition) is 4. The van der Waals surface area contributed by atoms with E-state index in [1.54, 1.807) is 12.1 Å². The average molecular weight is 374 g/mol. The first-order valence-electron chi connectivity index (χ1n) is 8.18. The Kier molecular flexibility index (Phi) is 6.67. The number of aromatic hydroxyl groups is 4. The summed E-state index contributed by atoms with van der Waals surface area (Å²) in [7, 11) is 2.68. The van der Waals surface area contributed by atoms with Gasteiger partial charge in [-0.3, -0.25) is 0 Å². The van der Waals surface area contributed by atoms with Gasteiger partial charge in [0.05, 0.1) is 18.8 Å². The molecule has 0 bridgehead atoms. The van der Waals surface area contributed by atoms with E-state index in [2.05, 4.69) is 0 Å². The summed E-state index contributed by atoms with van der Waals surface area (Å²) in [6, 6.07) is 8.36. The first-order valence-corrected chi connectivity index (χ1v) is 8.18. The molecule has 0 aliphatic rings. The largest absolute Gasteiger partial charge is 0.508 e. The van der Waals surface area contributed by atoms with Crippen molar-refractivity contribution >= 4 is 5.97 Å². The van der Waals surface area contributed by atoms with E-state index >= 15 is 0 Å². The highest BCUT2D eigenvalue weighted by Gasteiger charge is 2.23. The number of carbonyl (C=O) groups is 1. The van der Waals surface area contributed by atoms with Crippen LogP contribution in [0.2, 0.25) is 0 Å². The number of phenolic OH excluding ortho intramolecular Hbond substituents is 4. The van der Waals surface area contributed by atoms with Crippen molar-refractivity contribution in [3.05, 3.63) is 59.2 Å². The summed E-state index contributed by atoms with van der Waals surface area (Å²) >= 11 is 0. The molecule has 7 nitrogen and oxygen atoms in total. The lowest BCUT2D eigenvalue weighted by Gasteiger charge is -2.18. The van der Waals surface area contributed by atoms with Crippen molar-refractivity contribution in [2.75, 3.05) is 14.2 Å². The highest BCUT2D eigenvalue weighted by atomic mass is 16.5. The fourth-order valence-corrected chi connectivity index (χ4v) is 2.65. The number of rotatable bonds is 7. The summed E-state index contributed by atoms with van der Waals surface area (Å²) in [4.78, 5) is 12.2. The van der Waals surface area contributed by atoms with Gasteiger partial charge >= 0.3 is 5.97 Å². The van der Waals surface area contributed by atoms with Crippen LogP contribution in [0.5, 0.6) is 23.0 Å². The number of ether oxygens (including phenoxy) is 2. The molecule has 2 aromatic carbocycles. The Morgan fingerprint density at radius 1 is 0.963 bits per heavy atom. The van der Waals surface area contributed by atoms with Crippen LogP contribution in [0, 0.1) is 0 Å². The van der Waals surface area contributed by atoms with Crippen LogP contribution in [0.15, 0.2) is 48.0 Å². The standard InChI is InChI=1S/C20H22O7/c1-26-19(9-13-4-7-15(22)11-18(13)24)16(20(25)27-2)8-5-12-3-6-14(21)10-17(12)23/h3-4,6-8,10-11,19,21-24H,5,9H2,1-2H3/b16-8-. The van der Waals surface area contributed by atoms with Gasteiger partial charge in [-0.2, -0.15) is 0 Å². The van der Waals surface area contributed by atoms with Gasteiger partial charge in [-0.15, -0.1) is 0 Å². The van der Waals surface area contributed by atoms with E-state index in [9.17, 15) is 25.2 Å². The monoisotopic (exact) mass is 374 g/mol. The fourth-order valence-electron chi connectivity index (χ4n) is 2.65. The van der Waals surface area contributed by atoms with Crippen LogP contribution >= 0.6 is 0 Å². The Balaban J connectivity index is 2.30. The van der Waals surface area contributed by atoms with Crippen LogP contribution in [0.3, 0.4) is 0 Å². The van der Waals surface area contributed by atoms with Crippen LogP contribution in [0.25, 0.3) is 0 Å². The molecule has 0 heterocycles. The molecular weight excluding hydrogens is 352 g/mol. The van der Waals surface area contributed by atoms with Gasteiger partial charge in [0, 0.05) is 25.7 Å². The van der Waals surface area contributed by atoms with E-state index < -0.39 is 12.1 Å². The number of phenols is 4. The molecule has 0 radical (unpaired) electrons. The van der Waals surface area contributed by atoms with Crippen LogP contribution in [-0.2, 0) is 27.1 Å². The second-order valence-corrected chi connectivity index (χ2v) is 5.91. The second-order valence-electron chi connectivity index (χ2n) is 5.91. The molecule has 0 saturated heterocycles. The van der Waals surface area contributed by atoms with Crippen molar-refractivity contribution in [3.8, 4) is 23.0 Å². The van der Waals surface area contributed by atoms with E-state index in [4.69, 9.17) is 9.47 Å². The molecule has 0 amide bonds. The molecule has 2 aromatic rings. The zero-order valence-electron chi connectivity index (χ0n) is 15.0. The first-order chi connectivity index (χ1) is 12.8. The Morgan fingerprint density at radius 2 is 1.52 bits per heavy atom. The van der Waals surface area contributed by atoms with Gasteiger partial charge in [-0.05, 0) is 29.7 Å². The molecule has 1 unspecified atom stereocenters. The zero-order valence-corrected chi connectivity index (χ0v) is 15.0. The maximum Gasteiger partial charge on any atom is 0.336 e. The molecule has 0 saturated carbocycles. The lowest BCUT2D eigenvalue weighted by atomic mass is 9.98. The van der Waals surface area contributed by atoms with Crippen molar-refractivity contribution in [3.63, 3.8) is 0 Å². The number of esters is 1. The van der Waals surface area contributed by atoms with Gasteiger partial charge in [0.2, 0.25) is 0 Å². The smallest absolute Gasteiger partial charge is 0.336 e. The summed E-state index contributed by atoms with van der Waals surface area (Å²) in [6.07, 6.45) is 1.24. The predicted molar refractivity (Wildman–Crippen MR) is 97.8 cm³/mol. The predicted octanol–water partition coefficient (Wildman–Crippen LogP) is 2.41. The summed E-state index contributed by atoms with van der Waals surface area (Å²) in [6.45, 7) is 0. The second kappa shape index (κ2) is 8.95. The topological polar surface area (TPSA) is 116 Å². The van der Waals surface area contributed by atoms with Gasteiger partial charge in [-0.1, -0.05) is 18.2 Å². The third-order valence-electron chi connectivity index (χ3n) is 4.14. The summed E-state index contributed by atoms with van der Waals surface area (Å²) < 4.78 is 10.2. The first kappa shape index (κ1) is 20.1. The lowest BCUT2D eigenvalue weighted by molar-refractivity contribution is -0.137. The summed E-state index contributed by atoms with van der Waals surface area (Å²) in [5.41, 5.74) is 1.22. The van der Waals surface area contributed by atoms with E-state index in [1.165, 1.54) is 44.6 Å². The van der Waals surface area contributed by atoms with Crippen molar-refractivity contribution in [2.45, 2.75) is 18.9 Å². The third-order valence-corrected chi connectivity index (χ3v) is 4.14. The van der Waals surface area contributed by atoms with Gasteiger partial charge in [0.1, 0.15) is 23.0 Å². The Hall–Kier alpha value is -3.19. The molecule has 0 aliphatic carbocycles. The quantitative estimate of drug-likeness (QED) is 0.434. The Labute approximate surface area is 156 Å². The number of carbonyl (C=O) groups excluding carboxylic acids is 1. The minimum Gasteiger partial charge on any atom is -0.508 e. The third kappa shape index (κ3) is 5.15. The molecule has 0 spiro atoms. The van der Waals surface area contributed by atoms with E-state index in [0.717, 1.165) is 0 Å². The highest BCUT2D eigenvalue weighted by Crippen LogP contribution is 2.27. The van der Waals surface area contributed by atoms with Crippen LogP contribution < -0.4 is 0 Å².